The summed E-state index contributed by atoms with van der Waals surface area (Å²) in [6, 6.07) is 3.87. The Hall–Kier alpha value is 0.420. The number of nitrogens with two attached hydrogens (primary N) is 1. The van der Waals surface area contributed by atoms with Crippen LogP contribution in [-0.4, -0.2) is 4.98 Å². The molecule has 1 aromatic heterocycles. The molecule has 5 heteroatoms. The quantitative estimate of drug-likeness (QED) is 0.636. The van der Waals surface area contributed by atoms with E-state index in [-0.39, 0.29) is 24.8 Å². The second-order valence-corrected chi connectivity index (χ2v) is 2.68. The van der Waals surface area contributed by atoms with Gasteiger partial charge in [0.25, 0.3) is 0 Å². The van der Waals surface area contributed by atoms with Crippen molar-refractivity contribution in [3.63, 3.8) is 0 Å². The zero-order valence-corrected chi connectivity index (χ0v) is 9.45. The van der Waals surface area contributed by atoms with Crippen LogP contribution in [-0.2, 0) is 6.54 Å². The number of nitrogens with zero attached hydrogens (tertiary/aromatic N) is 1. The fraction of sp³-hybridized carbons (Fsp3) is 0.167. The maximum Gasteiger partial charge on any atom is 0.105 e. The van der Waals surface area contributed by atoms with E-state index in [0.29, 0.717) is 6.54 Å². The molecule has 2 N–H and O–H groups in total. The van der Waals surface area contributed by atoms with Crippen molar-refractivity contribution in [2.45, 2.75) is 6.54 Å². The van der Waals surface area contributed by atoms with E-state index in [9.17, 15) is 0 Å². The highest BCUT2D eigenvalue weighted by Crippen LogP contribution is 2.05. The predicted molar refractivity (Wildman–Crippen MR) is 59.3 cm³/mol. The summed E-state index contributed by atoms with van der Waals surface area (Å²) in [5.41, 5.74) is 6.52. The molecule has 11 heavy (non-hydrogen) atoms. The smallest absolute Gasteiger partial charge is 0.105 e. The Bertz CT molecular complexity index is 208. The van der Waals surface area contributed by atoms with Gasteiger partial charge in [0.05, 0.1) is 0 Å². The van der Waals surface area contributed by atoms with E-state index in [0.717, 1.165) is 9.26 Å². The summed E-state index contributed by atoms with van der Waals surface area (Å²) in [7, 11) is 0. The molecule has 0 saturated heterocycles. The summed E-state index contributed by atoms with van der Waals surface area (Å²) >= 11 is 2.17. The predicted octanol–water partition coefficient (Wildman–Crippen LogP) is 1.99. The first-order valence-electron chi connectivity index (χ1n) is 2.64. The van der Waals surface area contributed by atoms with E-state index in [2.05, 4.69) is 27.6 Å². The number of hydrogen-bond donors (Lipinski definition) is 1. The summed E-state index contributed by atoms with van der Waals surface area (Å²) in [4.78, 5) is 4.06. The largest absolute Gasteiger partial charge is 0.326 e. The third-order valence-corrected chi connectivity index (χ3v) is 2.03. The Labute approximate surface area is 91.9 Å². The summed E-state index contributed by atoms with van der Waals surface area (Å²) in [6.45, 7) is 0.576. The standard InChI is InChI=1S/C6H7IN2.2ClH/c7-6-5(4-8)2-1-3-9-6;;/h1-3H,4,8H2;2*1H. The molecule has 2 nitrogen and oxygen atoms in total. The maximum atomic E-state index is 5.41. The van der Waals surface area contributed by atoms with Crippen LogP contribution in [0.5, 0.6) is 0 Å². The van der Waals surface area contributed by atoms with Crippen molar-refractivity contribution in [3.05, 3.63) is 27.6 Å². The zero-order valence-electron chi connectivity index (χ0n) is 5.66. The van der Waals surface area contributed by atoms with Crippen LogP contribution in [0.4, 0.5) is 0 Å². The Balaban J connectivity index is 0. The topological polar surface area (TPSA) is 38.9 Å². The number of pyridine rings is 1. The molecule has 0 aliphatic heterocycles. The van der Waals surface area contributed by atoms with Gasteiger partial charge in [0, 0.05) is 12.7 Å². The van der Waals surface area contributed by atoms with Crippen LogP contribution in [0.15, 0.2) is 18.3 Å². The van der Waals surface area contributed by atoms with Gasteiger partial charge >= 0.3 is 0 Å². The number of hydrogen-bond acceptors (Lipinski definition) is 2. The lowest BCUT2D eigenvalue weighted by Crippen LogP contribution is -1.99. The molecule has 1 rings (SSSR count). The minimum atomic E-state index is 0. The second-order valence-electron chi connectivity index (χ2n) is 1.66. The minimum Gasteiger partial charge on any atom is -0.326 e. The highest BCUT2D eigenvalue weighted by molar-refractivity contribution is 14.1. The minimum absolute atomic E-state index is 0. The normalized spacial score (nSPS) is 7.82. The van der Waals surface area contributed by atoms with Crippen LogP contribution < -0.4 is 5.73 Å². The van der Waals surface area contributed by atoms with Crippen LogP contribution >= 0.6 is 47.4 Å². The van der Waals surface area contributed by atoms with Crippen molar-refractivity contribution in [3.8, 4) is 0 Å². The van der Waals surface area contributed by atoms with Gasteiger partial charge in [0.15, 0.2) is 0 Å². The maximum absolute atomic E-state index is 5.41. The molecule has 0 aromatic carbocycles. The van der Waals surface area contributed by atoms with E-state index in [1.54, 1.807) is 6.20 Å². The molecule has 0 amide bonds. The Morgan fingerprint density at radius 2 is 2.09 bits per heavy atom. The lowest BCUT2D eigenvalue weighted by atomic mass is 10.3. The van der Waals surface area contributed by atoms with Gasteiger partial charge in [-0.1, -0.05) is 6.07 Å². The van der Waals surface area contributed by atoms with Crippen LogP contribution in [0.1, 0.15) is 5.56 Å². The molecule has 0 atom stereocenters. The lowest BCUT2D eigenvalue weighted by Gasteiger charge is -1.95. The van der Waals surface area contributed by atoms with Gasteiger partial charge in [-0.05, 0) is 34.2 Å². The van der Waals surface area contributed by atoms with Crippen LogP contribution in [0.2, 0.25) is 0 Å². The Kier molecular flexibility index (Phi) is 9.01. The Morgan fingerprint density at radius 3 is 2.45 bits per heavy atom. The van der Waals surface area contributed by atoms with E-state index in [4.69, 9.17) is 5.73 Å². The van der Waals surface area contributed by atoms with E-state index < -0.39 is 0 Å². The molecule has 0 spiro atoms. The van der Waals surface area contributed by atoms with Gasteiger partial charge in [0.2, 0.25) is 0 Å². The first-order valence-corrected chi connectivity index (χ1v) is 3.72. The highest BCUT2D eigenvalue weighted by Gasteiger charge is 1.93. The van der Waals surface area contributed by atoms with Crippen LogP contribution in [0.25, 0.3) is 0 Å². The third kappa shape index (κ3) is 4.10. The van der Waals surface area contributed by atoms with Gasteiger partial charge in [-0.3, -0.25) is 0 Å². The average Bonchev–Trinajstić information content (AvgIpc) is 1.89. The highest BCUT2D eigenvalue weighted by atomic mass is 127. The SMILES string of the molecule is Cl.Cl.NCc1cccnc1I. The fourth-order valence-electron chi connectivity index (χ4n) is 0.572. The van der Waals surface area contributed by atoms with Crippen molar-refractivity contribution in [2.24, 2.45) is 5.73 Å². The molecule has 0 radical (unpaired) electrons. The Morgan fingerprint density at radius 1 is 1.45 bits per heavy atom. The average molecular weight is 307 g/mol. The molecular formula is C6H9Cl2IN2. The zero-order chi connectivity index (χ0) is 6.69. The number of aromatic nitrogens is 1. The van der Waals surface area contributed by atoms with E-state index in [1.807, 2.05) is 12.1 Å². The molecule has 0 aliphatic carbocycles. The monoisotopic (exact) mass is 306 g/mol. The van der Waals surface area contributed by atoms with Gasteiger partial charge in [-0.25, -0.2) is 4.98 Å². The molecule has 0 saturated carbocycles. The van der Waals surface area contributed by atoms with Crippen molar-refractivity contribution in [2.75, 3.05) is 0 Å². The molecule has 0 unspecified atom stereocenters. The number of halogens is 3. The van der Waals surface area contributed by atoms with Crippen molar-refractivity contribution in [1.29, 1.82) is 0 Å². The van der Waals surface area contributed by atoms with E-state index >= 15 is 0 Å². The summed E-state index contributed by atoms with van der Waals surface area (Å²) in [5, 5.41) is 0. The van der Waals surface area contributed by atoms with Gasteiger partial charge in [-0.2, -0.15) is 0 Å². The van der Waals surface area contributed by atoms with Crippen molar-refractivity contribution >= 4 is 47.4 Å². The fourth-order valence-corrected chi connectivity index (χ4v) is 1.13. The molecular weight excluding hydrogens is 298 g/mol. The van der Waals surface area contributed by atoms with Gasteiger partial charge in [0.1, 0.15) is 3.70 Å². The summed E-state index contributed by atoms with van der Waals surface area (Å²) in [5.74, 6) is 0. The lowest BCUT2D eigenvalue weighted by molar-refractivity contribution is 1.03. The third-order valence-electron chi connectivity index (χ3n) is 1.06. The molecule has 0 fully saturated rings. The second kappa shape index (κ2) is 7.09. The molecule has 64 valence electrons. The molecule has 0 bridgehead atoms. The first-order chi connectivity index (χ1) is 4.34. The van der Waals surface area contributed by atoms with E-state index in [1.165, 1.54) is 0 Å². The summed E-state index contributed by atoms with van der Waals surface area (Å²) in [6.07, 6.45) is 1.76. The molecule has 1 aromatic rings. The van der Waals surface area contributed by atoms with Gasteiger partial charge in [-0.15, -0.1) is 24.8 Å². The van der Waals surface area contributed by atoms with Crippen molar-refractivity contribution < 1.29 is 0 Å². The van der Waals surface area contributed by atoms with Crippen LogP contribution in [0, 0.1) is 3.70 Å². The first kappa shape index (κ1) is 14.0. The number of rotatable bonds is 1. The van der Waals surface area contributed by atoms with Crippen molar-refractivity contribution in [1.82, 2.24) is 4.98 Å². The van der Waals surface area contributed by atoms with Gasteiger partial charge < -0.3 is 5.73 Å². The molecule has 0 aliphatic rings. The van der Waals surface area contributed by atoms with Crippen LogP contribution in [0.3, 0.4) is 0 Å². The molecule has 1 heterocycles. The summed E-state index contributed by atoms with van der Waals surface area (Å²) < 4.78 is 0.998.